The van der Waals surface area contributed by atoms with E-state index in [1.54, 1.807) is 32.8 Å². The van der Waals surface area contributed by atoms with Crippen LogP contribution in [0.1, 0.15) is 33.5 Å². The molecule has 9 heteroatoms. The van der Waals surface area contributed by atoms with Gasteiger partial charge in [0.25, 0.3) is 11.8 Å². The van der Waals surface area contributed by atoms with Crippen LogP contribution in [0.25, 0.3) is 27.2 Å². The Balaban J connectivity index is 1.19. The number of aromatic nitrogens is 3. The van der Waals surface area contributed by atoms with Crippen LogP contribution >= 0.6 is 11.3 Å². The third-order valence-corrected chi connectivity index (χ3v) is 7.68. The Hall–Kier alpha value is -4.24. The van der Waals surface area contributed by atoms with Crippen molar-refractivity contribution in [2.75, 3.05) is 19.6 Å². The first-order valence-corrected chi connectivity index (χ1v) is 13.0. The summed E-state index contributed by atoms with van der Waals surface area (Å²) in [5.74, 6) is 0.0712. The summed E-state index contributed by atoms with van der Waals surface area (Å²) in [6.07, 6.45) is 3.10. The smallest absolute Gasteiger partial charge is 0.289 e. The maximum atomic E-state index is 13.4. The van der Waals surface area contributed by atoms with Gasteiger partial charge in [-0.05, 0) is 42.8 Å². The molecule has 2 aromatic carbocycles. The van der Waals surface area contributed by atoms with E-state index in [1.807, 2.05) is 31.4 Å². The van der Waals surface area contributed by atoms with Crippen molar-refractivity contribution >= 4 is 33.9 Å². The van der Waals surface area contributed by atoms with Gasteiger partial charge in [0.2, 0.25) is 5.13 Å². The van der Waals surface area contributed by atoms with Gasteiger partial charge >= 0.3 is 0 Å². The molecule has 1 fully saturated rings. The molecule has 2 amide bonds. The zero-order valence-electron chi connectivity index (χ0n) is 20.5. The molecule has 6 rings (SSSR count). The number of thiazole rings is 1. The summed E-state index contributed by atoms with van der Waals surface area (Å²) < 4.78 is 6.99. The fourth-order valence-corrected chi connectivity index (χ4v) is 5.65. The van der Waals surface area contributed by atoms with Crippen molar-refractivity contribution < 1.29 is 14.0 Å². The number of hydrogen-bond acceptors (Lipinski definition) is 6. The van der Waals surface area contributed by atoms with Gasteiger partial charge in [-0.15, -0.1) is 11.3 Å². The first-order valence-electron chi connectivity index (χ1n) is 12.1. The van der Waals surface area contributed by atoms with E-state index in [2.05, 4.69) is 35.4 Å². The number of rotatable bonds is 4. The highest BCUT2D eigenvalue weighted by Gasteiger charge is 2.32. The molecule has 5 aromatic rings. The summed E-state index contributed by atoms with van der Waals surface area (Å²) in [7, 11) is 0. The van der Waals surface area contributed by atoms with Crippen LogP contribution in [0.5, 0.6) is 0 Å². The predicted molar refractivity (Wildman–Crippen MR) is 142 cm³/mol. The Morgan fingerprint density at radius 2 is 1.86 bits per heavy atom. The van der Waals surface area contributed by atoms with Gasteiger partial charge in [0.15, 0.2) is 5.76 Å². The maximum absolute atomic E-state index is 13.4. The number of amides is 2. The minimum absolute atomic E-state index is 0.0907. The standard InChI is InChI=1S/C28H25N5O3S/c1-18-16-31(11-12-32(18)27(35)25-8-5-13-36-25)26(34)23-15-29-33(19(23)2)28-30-24(17-37-28)22-10-9-20-6-3-4-7-21(20)14-22/h3-10,13-15,17-18H,11-12,16H2,1-2H3. The number of fused-ring (bicyclic) bond motifs is 1. The Morgan fingerprint density at radius 1 is 1.03 bits per heavy atom. The zero-order valence-corrected chi connectivity index (χ0v) is 21.3. The minimum atomic E-state index is -0.153. The molecule has 0 radical (unpaired) electrons. The Labute approximate surface area is 217 Å². The number of carbonyl (C=O) groups excluding carboxylic acids is 2. The lowest BCUT2D eigenvalue weighted by molar-refractivity contribution is 0.0395. The molecule has 0 saturated carbocycles. The second-order valence-corrected chi connectivity index (χ2v) is 10.0. The summed E-state index contributed by atoms with van der Waals surface area (Å²) in [5, 5.41) is 9.57. The first-order chi connectivity index (χ1) is 18.0. The van der Waals surface area contributed by atoms with Crippen LogP contribution in [-0.2, 0) is 0 Å². The van der Waals surface area contributed by atoms with E-state index in [-0.39, 0.29) is 17.9 Å². The molecule has 8 nitrogen and oxygen atoms in total. The van der Waals surface area contributed by atoms with Crippen molar-refractivity contribution in [2.45, 2.75) is 19.9 Å². The second-order valence-electron chi connectivity index (χ2n) is 9.21. The van der Waals surface area contributed by atoms with Crippen LogP contribution in [0.15, 0.2) is 76.9 Å². The van der Waals surface area contributed by atoms with Crippen LogP contribution in [-0.4, -0.2) is 62.1 Å². The highest BCUT2D eigenvalue weighted by molar-refractivity contribution is 7.12. The molecule has 1 unspecified atom stereocenters. The molecule has 37 heavy (non-hydrogen) atoms. The van der Waals surface area contributed by atoms with Crippen molar-refractivity contribution in [2.24, 2.45) is 0 Å². The Bertz CT molecular complexity index is 1600. The zero-order chi connectivity index (χ0) is 25.5. The van der Waals surface area contributed by atoms with Gasteiger partial charge in [0.1, 0.15) is 0 Å². The monoisotopic (exact) mass is 511 g/mol. The molecule has 3 aromatic heterocycles. The number of piperazine rings is 1. The van der Waals surface area contributed by atoms with E-state index in [1.165, 1.54) is 23.0 Å². The number of carbonyl (C=O) groups is 2. The molecule has 0 N–H and O–H groups in total. The van der Waals surface area contributed by atoms with Crippen LogP contribution in [0.3, 0.4) is 0 Å². The van der Waals surface area contributed by atoms with Gasteiger partial charge < -0.3 is 14.2 Å². The molecular formula is C28H25N5O3S. The van der Waals surface area contributed by atoms with E-state index in [0.717, 1.165) is 22.3 Å². The Morgan fingerprint density at radius 3 is 2.65 bits per heavy atom. The fourth-order valence-electron chi connectivity index (χ4n) is 4.81. The number of benzene rings is 2. The van der Waals surface area contributed by atoms with Crippen LogP contribution in [0.2, 0.25) is 0 Å². The van der Waals surface area contributed by atoms with Crippen molar-refractivity contribution in [3.8, 4) is 16.4 Å². The van der Waals surface area contributed by atoms with Gasteiger partial charge in [-0.25, -0.2) is 9.67 Å². The van der Waals surface area contributed by atoms with Gasteiger partial charge in [0.05, 0.1) is 29.4 Å². The molecule has 1 atom stereocenters. The molecule has 0 spiro atoms. The van der Waals surface area contributed by atoms with Gasteiger partial charge in [0, 0.05) is 36.6 Å². The van der Waals surface area contributed by atoms with E-state index >= 15 is 0 Å². The third kappa shape index (κ3) is 4.21. The molecule has 1 saturated heterocycles. The summed E-state index contributed by atoms with van der Waals surface area (Å²) in [5.41, 5.74) is 3.20. The highest BCUT2D eigenvalue weighted by atomic mass is 32.1. The largest absolute Gasteiger partial charge is 0.459 e. The van der Waals surface area contributed by atoms with Crippen LogP contribution in [0.4, 0.5) is 0 Å². The van der Waals surface area contributed by atoms with Crippen molar-refractivity contribution in [3.05, 3.63) is 89.5 Å². The number of furan rings is 1. The van der Waals surface area contributed by atoms with E-state index in [9.17, 15) is 9.59 Å². The van der Waals surface area contributed by atoms with Crippen molar-refractivity contribution in [1.29, 1.82) is 0 Å². The van der Waals surface area contributed by atoms with Gasteiger partial charge in [-0.2, -0.15) is 5.10 Å². The molecule has 1 aliphatic heterocycles. The SMILES string of the molecule is Cc1c(C(=O)N2CCN(C(=O)c3ccco3)C(C)C2)cnn1-c1nc(-c2ccc3ccccc3c2)cs1. The predicted octanol–water partition coefficient (Wildman–Crippen LogP) is 5.04. The van der Waals surface area contributed by atoms with Crippen LogP contribution in [0, 0.1) is 6.92 Å². The molecule has 186 valence electrons. The summed E-state index contributed by atoms with van der Waals surface area (Å²) in [6.45, 7) is 5.17. The van der Waals surface area contributed by atoms with E-state index < -0.39 is 0 Å². The van der Waals surface area contributed by atoms with Gasteiger partial charge in [-0.1, -0.05) is 36.4 Å². The maximum Gasteiger partial charge on any atom is 0.289 e. The molecular weight excluding hydrogens is 486 g/mol. The Kier molecular flexibility index (Phi) is 5.84. The normalized spacial score (nSPS) is 15.9. The van der Waals surface area contributed by atoms with Crippen molar-refractivity contribution in [1.82, 2.24) is 24.6 Å². The summed E-state index contributed by atoms with van der Waals surface area (Å²) in [6, 6.07) is 17.8. The average Bonchev–Trinajstić information content (AvgIpc) is 3.69. The lowest BCUT2D eigenvalue weighted by Gasteiger charge is -2.39. The fraction of sp³-hybridized carbons (Fsp3) is 0.214. The highest BCUT2D eigenvalue weighted by Crippen LogP contribution is 2.28. The molecule has 1 aliphatic rings. The third-order valence-electron chi connectivity index (χ3n) is 6.87. The summed E-state index contributed by atoms with van der Waals surface area (Å²) >= 11 is 1.49. The minimum Gasteiger partial charge on any atom is -0.459 e. The van der Waals surface area contributed by atoms with Gasteiger partial charge in [-0.3, -0.25) is 9.59 Å². The van der Waals surface area contributed by atoms with E-state index in [0.29, 0.717) is 36.1 Å². The quantitative estimate of drug-likeness (QED) is 0.338. The lowest BCUT2D eigenvalue weighted by atomic mass is 10.1. The summed E-state index contributed by atoms with van der Waals surface area (Å²) in [4.78, 5) is 34.5. The van der Waals surface area contributed by atoms with Crippen LogP contribution < -0.4 is 0 Å². The number of nitrogens with zero attached hydrogens (tertiary/aromatic N) is 5. The lowest BCUT2D eigenvalue weighted by Crippen LogP contribution is -2.55. The molecule has 4 heterocycles. The molecule has 0 bridgehead atoms. The first kappa shape index (κ1) is 23.2. The topological polar surface area (TPSA) is 84.5 Å². The average molecular weight is 512 g/mol. The van der Waals surface area contributed by atoms with Crippen molar-refractivity contribution in [3.63, 3.8) is 0 Å². The molecule has 0 aliphatic carbocycles. The number of hydrogen-bond donors (Lipinski definition) is 0. The van der Waals surface area contributed by atoms with E-state index in [4.69, 9.17) is 9.40 Å². The second kappa shape index (κ2) is 9.33.